The van der Waals surface area contributed by atoms with E-state index in [2.05, 4.69) is 9.72 Å². The van der Waals surface area contributed by atoms with Gasteiger partial charge in [-0.3, -0.25) is 0 Å². The summed E-state index contributed by atoms with van der Waals surface area (Å²) in [5, 5.41) is 8.57. The lowest BCUT2D eigenvalue weighted by Gasteiger charge is -1.95. The molecule has 5 nitrogen and oxygen atoms in total. The Morgan fingerprint density at radius 1 is 1.42 bits per heavy atom. The third-order valence-corrected chi connectivity index (χ3v) is 1.38. The van der Waals surface area contributed by atoms with Gasteiger partial charge < -0.3 is 14.8 Å². The van der Waals surface area contributed by atoms with Crippen molar-refractivity contribution in [3.05, 3.63) is 23.5 Å². The Labute approximate surface area is 68.0 Å². The van der Waals surface area contributed by atoms with Crippen LogP contribution in [0.4, 0.5) is 0 Å². The molecule has 0 saturated carbocycles. The van der Waals surface area contributed by atoms with Gasteiger partial charge in [0, 0.05) is 12.4 Å². The van der Waals surface area contributed by atoms with Crippen molar-refractivity contribution in [2.45, 2.75) is 0 Å². The molecule has 0 spiro atoms. The largest absolute Gasteiger partial charge is 0.478 e. The van der Waals surface area contributed by atoms with Crippen LogP contribution in [0.5, 0.6) is 0 Å². The molecule has 0 amide bonds. The van der Waals surface area contributed by atoms with Crippen LogP contribution in [0.15, 0.2) is 12.4 Å². The van der Waals surface area contributed by atoms with Crippen molar-refractivity contribution in [3.63, 3.8) is 0 Å². The number of hydrogen-bond donors (Lipinski definition) is 2. The van der Waals surface area contributed by atoms with E-state index in [1.165, 1.54) is 19.5 Å². The standard InChI is InChI=1S/C7H7NO4/c1-12-7(11)5-3-8-2-4(5)6(9)10/h2-3,8H,1H3,(H,9,10). The first-order valence-corrected chi connectivity index (χ1v) is 3.15. The van der Waals surface area contributed by atoms with Gasteiger partial charge in [-0.1, -0.05) is 0 Å². The average molecular weight is 169 g/mol. The van der Waals surface area contributed by atoms with E-state index < -0.39 is 11.9 Å². The molecule has 0 unspecified atom stereocenters. The van der Waals surface area contributed by atoms with Gasteiger partial charge in [-0.15, -0.1) is 0 Å². The summed E-state index contributed by atoms with van der Waals surface area (Å²) < 4.78 is 4.36. The minimum absolute atomic E-state index is 0.0324. The number of esters is 1. The monoisotopic (exact) mass is 169 g/mol. The maximum Gasteiger partial charge on any atom is 0.340 e. The van der Waals surface area contributed by atoms with E-state index in [9.17, 15) is 9.59 Å². The van der Waals surface area contributed by atoms with Crippen LogP contribution >= 0.6 is 0 Å². The molecular weight excluding hydrogens is 162 g/mol. The number of ether oxygens (including phenoxy) is 1. The van der Waals surface area contributed by atoms with E-state index in [1.807, 2.05) is 0 Å². The molecule has 0 radical (unpaired) electrons. The summed E-state index contributed by atoms with van der Waals surface area (Å²) in [6.45, 7) is 0. The summed E-state index contributed by atoms with van der Waals surface area (Å²) in [5.41, 5.74) is -0.0492. The van der Waals surface area contributed by atoms with E-state index in [4.69, 9.17) is 5.11 Å². The molecule has 12 heavy (non-hydrogen) atoms. The lowest BCUT2D eigenvalue weighted by molar-refractivity contribution is 0.0583. The van der Waals surface area contributed by atoms with E-state index in [1.54, 1.807) is 0 Å². The molecule has 1 aromatic heterocycles. The minimum atomic E-state index is -1.16. The average Bonchev–Trinajstić information content (AvgIpc) is 2.50. The molecule has 0 atom stereocenters. The summed E-state index contributed by atoms with van der Waals surface area (Å²) in [6.07, 6.45) is 2.52. The number of H-pyrrole nitrogens is 1. The Hall–Kier alpha value is -1.78. The van der Waals surface area contributed by atoms with Crippen molar-refractivity contribution in [2.75, 3.05) is 7.11 Å². The van der Waals surface area contributed by atoms with Crippen molar-refractivity contribution >= 4 is 11.9 Å². The Morgan fingerprint density at radius 2 is 2.00 bits per heavy atom. The number of carbonyl (C=O) groups is 2. The highest BCUT2D eigenvalue weighted by atomic mass is 16.5. The molecule has 2 N–H and O–H groups in total. The van der Waals surface area contributed by atoms with Crippen LogP contribution in [0, 0.1) is 0 Å². The fourth-order valence-corrected chi connectivity index (χ4v) is 0.820. The van der Waals surface area contributed by atoms with E-state index in [-0.39, 0.29) is 11.1 Å². The van der Waals surface area contributed by atoms with Gasteiger partial charge in [0.1, 0.15) is 0 Å². The van der Waals surface area contributed by atoms with Crippen LogP contribution in [-0.4, -0.2) is 29.1 Å². The second-order valence-corrected chi connectivity index (χ2v) is 2.08. The first-order valence-electron chi connectivity index (χ1n) is 3.15. The number of carbonyl (C=O) groups excluding carboxylic acids is 1. The number of rotatable bonds is 2. The van der Waals surface area contributed by atoms with Crippen molar-refractivity contribution in [1.29, 1.82) is 0 Å². The first kappa shape index (κ1) is 8.32. The molecule has 1 aromatic rings. The third-order valence-electron chi connectivity index (χ3n) is 1.38. The molecule has 1 heterocycles. The molecule has 0 aliphatic heterocycles. The number of carboxylic acid groups (broad SMARTS) is 1. The molecule has 0 saturated heterocycles. The number of aromatic amines is 1. The van der Waals surface area contributed by atoms with E-state index in [0.29, 0.717) is 0 Å². The first-order chi connectivity index (χ1) is 5.66. The highest BCUT2D eigenvalue weighted by Gasteiger charge is 2.17. The molecule has 0 aliphatic rings. The van der Waals surface area contributed by atoms with Gasteiger partial charge >= 0.3 is 11.9 Å². The number of aromatic carboxylic acids is 1. The van der Waals surface area contributed by atoms with Crippen molar-refractivity contribution in [1.82, 2.24) is 4.98 Å². The van der Waals surface area contributed by atoms with Crippen molar-refractivity contribution in [2.24, 2.45) is 0 Å². The molecular formula is C7H7NO4. The lowest BCUT2D eigenvalue weighted by atomic mass is 10.2. The Balaban J connectivity index is 3.07. The molecule has 0 aromatic carbocycles. The van der Waals surface area contributed by atoms with Crippen LogP contribution in [0.3, 0.4) is 0 Å². The highest BCUT2D eigenvalue weighted by molar-refractivity contribution is 6.02. The van der Waals surface area contributed by atoms with Crippen LogP contribution < -0.4 is 0 Å². The highest BCUT2D eigenvalue weighted by Crippen LogP contribution is 2.08. The smallest absolute Gasteiger partial charge is 0.340 e. The second-order valence-electron chi connectivity index (χ2n) is 2.08. The quantitative estimate of drug-likeness (QED) is 0.632. The van der Waals surface area contributed by atoms with Gasteiger partial charge in [0.2, 0.25) is 0 Å². The number of hydrogen-bond acceptors (Lipinski definition) is 3. The Bertz CT molecular complexity index is 315. The predicted molar refractivity (Wildman–Crippen MR) is 39.1 cm³/mol. The SMILES string of the molecule is COC(=O)c1c[nH]cc1C(=O)O. The molecule has 0 bridgehead atoms. The van der Waals surface area contributed by atoms with Crippen LogP contribution in [0.1, 0.15) is 20.7 Å². The van der Waals surface area contributed by atoms with Gasteiger partial charge in [-0.05, 0) is 0 Å². The molecule has 5 heteroatoms. The zero-order valence-corrected chi connectivity index (χ0v) is 6.33. The number of nitrogens with one attached hydrogen (secondary N) is 1. The van der Waals surface area contributed by atoms with Crippen LogP contribution in [-0.2, 0) is 4.74 Å². The fourth-order valence-electron chi connectivity index (χ4n) is 0.820. The van der Waals surface area contributed by atoms with E-state index >= 15 is 0 Å². The van der Waals surface area contributed by atoms with Crippen LogP contribution in [0.2, 0.25) is 0 Å². The summed E-state index contributed by atoms with van der Waals surface area (Å²) in [4.78, 5) is 23.9. The number of carboxylic acids is 1. The minimum Gasteiger partial charge on any atom is -0.478 e. The lowest BCUT2D eigenvalue weighted by Crippen LogP contribution is -2.06. The molecule has 1 rings (SSSR count). The van der Waals surface area contributed by atoms with Crippen LogP contribution in [0.25, 0.3) is 0 Å². The topological polar surface area (TPSA) is 79.4 Å². The normalized spacial score (nSPS) is 9.42. The fraction of sp³-hybridized carbons (Fsp3) is 0.143. The second kappa shape index (κ2) is 3.08. The zero-order valence-electron chi connectivity index (χ0n) is 6.33. The zero-order chi connectivity index (χ0) is 9.14. The number of aromatic nitrogens is 1. The Kier molecular flexibility index (Phi) is 2.14. The van der Waals surface area contributed by atoms with Gasteiger partial charge in [-0.25, -0.2) is 9.59 Å². The van der Waals surface area contributed by atoms with Gasteiger partial charge in [-0.2, -0.15) is 0 Å². The van der Waals surface area contributed by atoms with Gasteiger partial charge in [0.25, 0.3) is 0 Å². The van der Waals surface area contributed by atoms with Gasteiger partial charge in [0.15, 0.2) is 0 Å². The maximum absolute atomic E-state index is 10.9. The molecule has 0 aliphatic carbocycles. The number of methoxy groups -OCH3 is 1. The molecule has 64 valence electrons. The summed E-state index contributed by atoms with van der Waals surface area (Å²) in [5.74, 6) is -1.81. The third kappa shape index (κ3) is 1.29. The Morgan fingerprint density at radius 3 is 2.50 bits per heavy atom. The summed E-state index contributed by atoms with van der Waals surface area (Å²) in [7, 11) is 1.20. The van der Waals surface area contributed by atoms with E-state index in [0.717, 1.165) is 0 Å². The summed E-state index contributed by atoms with van der Waals surface area (Å²) >= 11 is 0. The predicted octanol–water partition coefficient (Wildman–Crippen LogP) is 0.499. The maximum atomic E-state index is 10.9. The summed E-state index contributed by atoms with van der Waals surface area (Å²) in [6, 6.07) is 0. The van der Waals surface area contributed by atoms with Gasteiger partial charge in [0.05, 0.1) is 18.2 Å². The van der Waals surface area contributed by atoms with Crippen molar-refractivity contribution in [3.8, 4) is 0 Å². The molecule has 0 fully saturated rings. The van der Waals surface area contributed by atoms with Crippen molar-refractivity contribution < 1.29 is 19.4 Å².